The number of halogens is 1. The molecule has 1 aliphatic rings. The minimum atomic E-state index is -0.304. The lowest BCUT2D eigenvalue weighted by atomic mass is 9.96. The van der Waals surface area contributed by atoms with Gasteiger partial charge in [-0.25, -0.2) is 4.79 Å². The zero-order valence-electron chi connectivity index (χ0n) is 9.99. The Morgan fingerprint density at radius 1 is 1.53 bits per heavy atom. The van der Waals surface area contributed by atoms with Gasteiger partial charge in [0.25, 0.3) is 0 Å². The molecule has 17 heavy (non-hydrogen) atoms. The van der Waals surface area contributed by atoms with E-state index in [-0.39, 0.29) is 5.97 Å². The Kier molecular flexibility index (Phi) is 4.20. The normalized spacial score (nSPS) is 17.1. The number of nitrogens with zero attached hydrogens (tertiary/aromatic N) is 2. The van der Waals surface area contributed by atoms with Crippen molar-refractivity contribution in [3.05, 3.63) is 16.4 Å². The minimum Gasteiger partial charge on any atom is -0.462 e. The predicted molar refractivity (Wildman–Crippen MR) is 68.0 cm³/mol. The maximum absolute atomic E-state index is 11.7. The van der Waals surface area contributed by atoms with E-state index in [2.05, 4.69) is 21.0 Å². The average Bonchev–Trinajstić information content (AvgIpc) is 2.73. The molecule has 1 aliphatic carbocycles. The van der Waals surface area contributed by atoms with Crippen LogP contribution in [0.4, 0.5) is 0 Å². The number of hydrogen-bond acceptors (Lipinski definition) is 3. The first-order valence-corrected chi connectivity index (χ1v) is 6.93. The highest BCUT2D eigenvalue weighted by molar-refractivity contribution is 9.10. The Morgan fingerprint density at radius 2 is 2.24 bits per heavy atom. The Bertz CT molecular complexity index is 397. The zero-order chi connectivity index (χ0) is 12.3. The number of carbonyl (C=O) groups is 1. The molecule has 94 valence electrons. The molecule has 0 radical (unpaired) electrons. The lowest BCUT2D eigenvalue weighted by molar-refractivity contribution is 0.0525. The molecule has 1 aromatic rings. The van der Waals surface area contributed by atoms with Crippen molar-refractivity contribution in [1.29, 1.82) is 0 Å². The first kappa shape index (κ1) is 12.6. The van der Waals surface area contributed by atoms with Crippen LogP contribution in [0.25, 0.3) is 0 Å². The van der Waals surface area contributed by atoms with E-state index in [1.807, 2.05) is 4.68 Å². The summed E-state index contributed by atoms with van der Waals surface area (Å²) in [7, 11) is 0. The smallest absolute Gasteiger partial charge is 0.342 e. The second kappa shape index (κ2) is 5.67. The standard InChI is InChI=1S/C12H17BrN2O2/c1-2-17-12(16)10-8-15(14-11(10)13)9-6-4-3-5-7-9/h8-9H,2-7H2,1H3. The topological polar surface area (TPSA) is 44.1 Å². The van der Waals surface area contributed by atoms with Gasteiger partial charge in [-0.3, -0.25) is 4.68 Å². The molecule has 0 unspecified atom stereocenters. The molecule has 0 aromatic carbocycles. The molecule has 0 atom stereocenters. The van der Waals surface area contributed by atoms with E-state index < -0.39 is 0 Å². The highest BCUT2D eigenvalue weighted by atomic mass is 79.9. The van der Waals surface area contributed by atoms with Crippen LogP contribution < -0.4 is 0 Å². The average molecular weight is 301 g/mol. The molecule has 0 amide bonds. The summed E-state index contributed by atoms with van der Waals surface area (Å²) in [5, 5.41) is 4.37. The summed E-state index contributed by atoms with van der Waals surface area (Å²) < 4.78 is 7.48. The Balaban J connectivity index is 2.14. The third-order valence-electron chi connectivity index (χ3n) is 3.13. The summed E-state index contributed by atoms with van der Waals surface area (Å²) in [5.74, 6) is -0.304. The van der Waals surface area contributed by atoms with Crippen molar-refractivity contribution in [3.63, 3.8) is 0 Å². The van der Waals surface area contributed by atoms with Crippen molar-refractivity contribution in [2.75, 3.05) is 6.61 Å². The molecule has 4 nitrogen and oxygen atoms in total. The zero-order valence-corrected chi connectivity index (χ0v) is 11.6. The van der Waals surface area contributed by atoms with E-state index in [0.717, 1.165) is 12.8 Å². The number of carbonyl (C=O) groups excluding carboxylic acids is 1. The van der Waals surface area contributed by atoms with Gasteiger partial charge >= 0.3 is 5.97 Å². The van der Waals surface area contributed by atoms with Gasteiger partial charge in [0, 0.05) is 6.20 Å². The number of esters is 1. The summed E-state index contributed by atoms with van der Waals surface area (Å²) in [6.07, 6.45) is 7.91. The number of hydrogen-bond donors (Lipinski definition) is 0. The van der Waals surface area contributed by atoms with Crippen LogP contribution in [0, 0.1) is 0 Å². The third kappa shape index (κ3) is 2.89. The van der Waals surface area contributed by atoms with Crippen molar-refractivity contribution in [3.8, 4) is 0 Å². The van der Waals surface area contributed by atoms with Crippen molar-refractivity contribution in [2.24, 2.45) is 0 Å². The van der Waals surface area contributed by atoms with Crippen molar-refractivity contribution in [1.82, 2.24) is 9.78 Å². The summed E-state index contributed by atoms with van der Waals surface area (Å²) in [5.41, 5.74) is 0.525. The van der Waals surface area contributed by atoms with Gasteiger partial charge in [0.15, 0.2) is 0 Å². The van der Waals surface area contributed by atoms with Crippen LogP contribution >= 0.6 is 15.9 Å². The fourth-order valence-electron chi connectivity index (χ4n) is 2.25. The number of rotatable bonds is 3. The van der Waals surface area contributed by atoms with Crippen LogP contribution in [0.3, 0.4) is 0 Å². The van der Waals surface area contributed by atoms with Crippen LogP contribution in [-0.2, 0) is 4.74 Å². The van der Waals surface area contributed by atoms with Crippen molar-refractivity contribution in [2.45, 2.75) is 45.1 Å². The summed E-state index contributed by atoms with van der Waals surface area (Å²) in [6.45, 7) is 2.19. The van der Waals surface area contributed by atoms with Gasteiger partial charge in [0.05, 0.1) is 12.6 Å². The monoisotopic (exact) mass is 300 g/mol. The van der Waals surface area contributed by atoms with Crippen LogP contribution in [0.1, 0.15) is 55.4 Å². The lowest BCUT2D eigenvalue weighted by Gasteiger charge is -2.21. The minimum absolute atomic E-state index is 0.304. The number of ether oxygens (including phenoxy) is 1. The van der Waals surface area contributed by atoms with Crippen LogP contribution in [0.15, 0.2) is 10.8 Å². The first-order valence-electron chi connectivity index (χ1n) is 6.14. The predicted octanol–water partition coefficient (Wildman–Crippen LogP) is 3.33. The van der Waals surface area contributed by atoms with Gasteiger partial charge in [-0.1, -0.05) is 19.3 Å². The summed E-state index contributed by atoms with van der Waals surface area (Å²) in [4.78, 5) is 11.7. The van der Waals surface area contributed by atoms with Crippen molar-refractivity contribution >= 4 is 21.9 Å². The van der Waals surface area contributed by atoms with Gasteiger partial charge in [0.1, 0.15) is 10.2 Å². The van der Waals surface area contributed by atoms with E-state index in [1.54, 1.807) is 13.1 Å². The van der Waals surface area contributed by atoms with Gasteiger partial charge in [-0.15, -0.1) is 0 Å². The van der Waals surface area contributed by atoms with E-state index in [4.69, 9.17) is 4.74 Å². The molecular weight excluding hydrogens is 284 g/mol. The molecule has 0 saturated heterocycles. The van der Waals surface area contributed by atoms with Crippen LogP contribution in [0.5, 0.6) is 0 Å². The molecule has 1 heterocycles. The summed E-state index contributed by atoms with van der Waals surface area (Å²) in [6, 6.07) is 0.434. The fraction of sp³-hybridized carbons (Fsp3) is 0.667. The van der Waals surface area contributed by atoms with E-state index in [0.29, 0.717) is 22.8 Å². The van der Waals surface area contributed by atoms with Gasteiger partial charge in [0.2, 0.25) is 0 Å². The maximum Gasteiger partial charge on any atom is 0.342 e. The molecular formula is C12H17BrN2O2. The van der Waals surface area contributed by atoms with Crippen LogP contribution in [-0.4, -0.2) is 22.4 Å². The lowest BCUT2D eigenvalue weighted by Crippen LogP contribution is -2.13. The largest absolute Gasteiger partial charge is 0.462 e. The second-order valence-corrected chi connectivity index (χ2v) is 5.08. The fourth-order valence-corrected chi connectivity index (χ4v) is 2.70. The van der Waals surface area contributed by atoms with Crippen LogP contribution in [0.2, 0.25) is 0 Å². The SMILES string of the molecule is CCOC(=O)c1cn(C2CCCCC2)nc1Br. The molecule has 0 bridgehead atoms. The Morgan fingerprint density at radius 3 is 2.88 bits per heavy atom. The number of aromatic nitrogens is 2. The van der Waals surface area contributed by atoms with E-state index in [9.17, 15) is 4.79 Å². The molecule has 0 aliphatic heterocycles. The van der Waals surface area contributed by atoms with Gasteiger partial charge in [-0.2, -0.15) is 5.10 Å². The first-order chi connectivity index (χ1) is 8.22. The summed E-state index contributed by atoms with van der Waals surface area (Å²) >= 11 is 3.32. The van der Waals surface area contributed by atoms with E-state index >= 15 is 0 Å². The molecule has 1 fully saturated rings. The molecule has 2 rings (SSSR count). The Hall–Kier alpha value is -0.840. The molecule has 1 saturated carbocycles. The highest BCUT2D eigenvalue weighted by Gasteiger charge is 2.21. The molecule has 0 spiro atoms. The van der Waals surface area contributed by atoms with Crippen molar-refractivity contribution < 1.29 is 9.53 Å². The quantitative estimate of drug-likeness (QED) is 0.804. The Labute approximate surface area is 109 Å². The van der Waals surface area contributed by atoms with E-state index in [1.165, 1.54) is 19.3 Å². The van der Waals surface area contributed by atoms with Gasteiger partial charge < -0.3 is 4.74 Å². The molecule has 1 aromatic heterocycles. The third-order valence-corrected chi connectivity index (χ3v) is 3.72. The van der Waals surface area contributed by atoms with Gasteiger partial charge in [-0.05, 0) is 35.7 Å². The molecule has 0 N–H and O–H groups in total. The maximum atomic E-state index is 11.7. The second-order valence-electron chi connectivity index (χ2n) is 4.33. The molecule has 5 heteroatoms. The highest BCUT2D eigenvalue weighted by Crippen LogP contribution is 2.29.